The van der Waals surface area contributed by atoms with Crippen molar-refractivity contribution < 1.29 is 14.3 Å². The van der Waals surface area contributed by atoms with Gasteiger partial charge in [-0.1, -0.05) is 71.8 Å². The van der Waals surface area contributed by atoms with Crippen LogP contribution in [-0.2, 0) is 9.53 Å². The first-order valence-corrected chi connectivity index (χ1v) is 12.7. The summed E-state index contributed by atoms with van der Waals surface area (Å²) in [5.74, 6) is -0.883. The molecule has 1 aromatic heterocycles. The maximum Gasteiger partial charge on any atom is 0.309 e. The molecule has 38 heavy (non-hydrogen) atoms. The maximum atomic E-state index is 12.9. The number of aromatic nitrogens is 2. The summed E-state index contributed by atoms with van der Waals surface area (Å²) in [6, 6.07) is 24.4. The smallest absolute Gasteiger partial charge is 0.309 e. The number of hydrogen-bond donors (Lipinski definition) is 0. The molecule has 4 aromatic rings. The largest absolute Gasteiger partial charge is 0.469 e. The number of esters is 1. The zero-order valence-electron chi connectivity index (χ0n) is 20.6. The van der Waals surface area contributed by atoms with Crippen LogP contribution in [0.15, 0.2) is 97.3 Å². The number of allylic oxidation sites excluding steroid dienone is 1. The van der Waals surface area contributed by atoms with Crippen LogP contribution >= 0.6 is 23.2 Å². The molecular weight excluding hydrogens is 521 g/mol. The first kappa shape index (κ1) is 27.0. The number of hydrogen-bond acceptors (Lipinski definition) is 6. The Morgan fingerprint density at radius 2 is 1.50 bits per heavy atom. The normalized spacial score (nSPS) is 11.8. The number of Topliss-reactive ketones (excluding diaryl/α,β-unsaturated/α-hetero) is 1. The van der Waals surface area contributed by atoms with E-state index in [-0.39, 0.29) is 27.8 Å². The van der Waals surface area contributed by atoms with Crippen LogP contribution in [0.3, 0.4) is 0 Å². The molecule has 0 saturated carbocycles. The maximum absolute atomic E-state index is 12.9. The summed E-state index contributed by atoms with van der Waals surface area (Å²) >= 11 is 12.3. The average molecular weight is 546 g/mol. The standard InChI is InChI=1S/C30H25Cl2N3O3/c1-38-29(37)22(20-27(36)28-25(31)12-6-13-26(28)32)9-5-8-21-14-16-24(17-15-21)35(23-10-3-2-4-11-23)30-33-18-7-19-34-30/h2-8,10-19,22H,9,20H2,1H3/b8-5+. The molecule has 0 N–H and O–H groups in total. The fourth-order valence-electron chi connectivity index (χ4n) is 3.99. The Kier molecular flexibility index (Phi) is 9.25. The molecular formula is C30H25Cl2N3O3. The summed E-state index contributed by atoms with van der Waals surface area (Å²) in [6.45, 7) is 0. The molecule has 0 aliphatic heterocycles. The molecule has 0 fully saturated rings. The number of benzene rings is 3. The Labute approximate surface area is 231 Å². The average Bonchev–Trinajstić information content (AvgIpc) is 2.94. The third-order valence-electron chi connectivity index (χ3n) is 5.86. The van der Waals surface area contributed by atoms with Gasteiger partial charge in [0, 0.05) is 30.2 Å². The lowest BCUT2D eigenvalue weighted by Crippen LogP contribution is -2.20. The fraction of sp³-hybridized carbons (Fsp3) is 0.133. The Morgan fingerprint density at radius 3 is 2.13 bits per heavy atom. The van der Waals surface area contributed by atoms with Crippen molar-refractivity contribution in [1.29, 1.82) is 0 Å². The van der Waals surface area contributed by atoms with Gasteiger partial charge in [0.05, 0.1) is 28.6 Å². The van der Waals surface area contributed by atoms with Gasteiger partial charge >= 0.3 is 5.97 Å². The third kappa shape index (κ3) is 6.65. The zero-order valence-corrected chi connectivity index (χ0v) is 22.1. The Bertz CT molecular complexity index is 1350. The van der Waals surface area contributed by atoms with Crippen molar-refractivity contribution in [1.82, 2.24) is 9.97 Å². The molecule has 6 nitrogen and oxygen atoms in total. The van der Waals surface area contributed by atoms with Crippen molar-refractivity contribution in [2.24, 2.45) is 5.92 Å². The molecule has 0 radical (unpaired) electrons. The molecule has 0 bridgehead atoms. The zero-order chi connectivity index (χ0) is 26.9. The van der Waals surface area contributed by atoms with Gasteiger partial charge in [-0.25, -0.2) is 9.97 Å². The van der Waals surface area contributed by atoms with Crippen molar-refractivity contribution >= 4 is 58.4 Å². The number of ketones is 1. The summed E-state index contributed by atoms with van der Waals surface area (Å²) in [6.07, 6.45) is 7.42. The number of methoxy groups -OCH3 is 1. The quantitative estimate of drug-likeness (QED) is 0.150. The lowest BCUT2D eigenvalue weighted by atomic mass is 9.95. The van der Waals surface area contributed by atoms with E-state index in [0.717, 1.165) is 16.9 Å². The molecule has 0 aliphatic rings. The first-order valence-electron chi connectivity index (χ1n) is 11.9. The van der Waals surface area contributed by atoms with E-state index in [0.29, 0.717) is 12.4 Å². The van der Waals surface area contributed by atoms with Crippen molar-refractivity contribution in [3.8, 4) is 0 Å². The Morgan fingerprint density at radius 1 is 0.868 bits per heavy atom. The topological polar surface area (TPSA) is 72.4 Å². The van der Waals surface area contributed by atoms with E-state index in [1.807, 2.05) is 71.6 Å². The molecule has 3 aromatic carbocycles. The van der Waals surface area contributed by atoms with E-state index in [4.69, 9.17) is 27.9 Å². The van der Waals surface area contributed by atoms with E-state index in [2.05, 4.69) is 9.97 Å². The first-order chi connectivity index (χ1) is 18.5. The highest BCUT2D eigenvalue weighted by molar-refractivity contribution is 6.39. The summed E-state index contributed by atoms with van der Waals surface area (Å²) in [5, 5.41) is 0.513. The number of carbonyl (C=O) groups is 2. The van der Waals surface area contributed by atoms with Crippen LogP contribution < -0.4 is 4.90 Å². The van der Waals surface area contributed by atoms with Gasteiger partial charge in [0.1, 0.15) is 0 Å². The van der Waals surface area contributed by atoms with Crippen LogP contribution in [0.1, 0.15) is 28.8 Å². The second-order valence-corrected chi connectivity index (χ2v) is 9.21. The van der Waals surface area contributed by atoms with Gasteiger partial charge in [-0.05, 0) is 54.4 Å². The van der Waals surface area contributed by atoms with E-state index >= 15 is 0 Å². The van der Waals surface area contributed by atoms with Gasteiger partial charge < -0.3 is 4.74 Å². The van der Waals surface area contributed by atoms with E-state index in [9.17, 15) is 9.59 Å². The molecule has 1 unspecified atom stereocenters. The summed E-state index contributed by atoms with van der Waals surface area (Å²) in [4.78, 5) is 36.1. The van der Waals surface area contributed by atoms with Gasteiger partial charge in [-0.3, -0.25) is 14.5 Å². The number of nitrogens with zero attached hydrogens (tertiary/aromatic N) is 3. The number of rotatable bonds is 10. The SMILES string of the molecule is COC(=O)C(C/C=C/c1ccc(N(c2ccccc2)c2ncccn2)cc1)CC(=O)c1c(Cl)cccc1Cl. The molecule has 0 amide bonds. The molecule has 0 spiro atoms. The second-order valence-electron chi connectivity index (χ2n) is 8.39. The molecule has 1 heterocycles. The van der Waals surface area contributed by atoms with E-state index < -0.39 is 11.9 Å². The monoisotopic (exact) mass is 545 g/mol. The highest BCUT2D eigenvalue weighted by Gasteiger charge is 2.24. The van der Waals surface area contributed by atoms with Crippen LogP contribution in [0, 0.1) is 5.92 Å². The van der Waals surface area contributed by atoms with Gasteiger partial charge in [0.15, 0.2) is 5.78 Å². The van der Waals surface area contributed by atoms with Crippen molar-refractivity contribution in [3.63, 3.8) is 0 Å². The fourth-order valence-corrected chi connectivity index (χ4v) is 4.59. The van der Waals surface area contributed by atoms with Gasteiger partial charge in [-0.15, -0.1) is 0 Å². The van der Waals surface area contributed by atoms with E-state index in [1.54, 1.807) is 36.7 Å². The number of ether oxygens (including phenoxy) is 1. The van der Waals surface area contributed by atoms with Crippen LogP contribution in [0.2, 0.25) is 10.0 Å². The minimum Gasteiger partial charge on any atom is -0.469 e. The van der Waals surface area contributed by atoms with Gasteiger partial charge in [-0.2, -0.15) is 0 Å². The second kappa shape index (κ2) is 13.0. The Balaban J connectivity index is 1.49. The van der Waals surface area contributed by atoms with Gasteiger partial charge in [0.2, 0.25) is 5.95 Å². The van der Waals surface area contributed by atoms with Crippen molar-refractivity contribution in [2.45, 2.75) is 12.8 Å². The third-order valence-corrected chi connectivity index (χ3v) is 6.49. The summed E-state index contributed by atoms with van der Waals surface area (Å²) in [7, 11) is 1.31. The molecule has 0 aliphatic carbocycles. The van der Waals surface area contributed by atoms with Crippen LogP contribution in [0.5, 0.6) is 0 Å². The minimum atomic E-state index is -0.667. The summed E-state index contributed by atoms with van der Waals surface area (Å²) in [5.41, 5.74) is 2.98. The molecule has 192 valence electrons. The molecule has 8 heteroatoms. The predicted octanol–water partition coefficient (Wildman–Crippen LogP) is 7.72. The van der Waals surface area contributed by atoms with Crippen molar-refractivity contribution in [3.05, 3.63) is 119 Å². The highest BCUT2D eigenvalue weighted by Crippen LogP contribution is 2.32. The predicted molar refractivity (Wildman–Crippen MR) is 151 cm³/mol. The van der Waals surface area contributed by atoms with E-state index in [1.165, 1.54) is 7.11 Å². The molecule has 1 atom stereocenters. The van der Waals surface area contributed by atoms with Crippen molar-refractivity contribution in [2.75, 3.05) is 12.0 Å². The van der Waals surface area contributed by atoms with Crippen LogP contribution in [0.25, 0.3) is 6.08 Å². The number of carbonyl (C=O) groups excluding carboxylic acids is 2. The number of para-hydroxylation sites is 1. The lowest BCUT2D eigenvalue weighted by molar-refractivity contribution is -0.145. The Hall–Kier alpha value is -4.00. The lowest BCUT2D eigenvalue weighted by Gasteiger charge is -2.22. The summed E-state index contributed by atoms with van der Waals surface area (Å²) < 4.78 is 4.93. The molecule has 0 saturated heterocycles. The number of anilines is 3. The highest BCUT2D eigenvalue weighted by atomic mass is 35.5. The molecule has 4 rings (SSSR count). The van der Waals surface area contributed by atoms with Gasteiger partial charge in [0.25, 0.3) is 0 Å². The van der Waals surface area contributed by atoms with Crippen LogP contribution in [-0.4, -0.2) is 28.8 Å². The number of halogens is 2. The minimum absolute atomic E-state index is 0.0669. The van der Waals surface area contributed by atoms with Crippen LogP contribution in [0.4, 0.5) is 17.3 Å².